The zero-order valence-corrected chi connectivity index (χ0v) is 20.4. The summed E-state index contributed by atoms with van der Waals surface area (Å²) < 4.78 is 16.2. The highest BCUT2D eigenvalue weighted by atomic mass is 35.5. The van der Waals surface area contributed by atoms with Crippen LogP contribution in [0.25, 0.3) is 0 Å². The summed E-state index contributed by atoms with van der Waals surface area (Å²) in [6, 6.07) is 17.7. The summed E-state index contributed by atoms with van der Waals surface area (Å²) in [5.74, 6) is -0.298. The van der Waals surface area contributed by atoms with Gasteiger partial charge in [0, 0.05) is 10.6 Å². The zero-order chi connectivity index (χ0) is 25.9. The van der Waals surface area contributed by atoms with Gasteiger partial charge in [-0.05, 0) is 73.2 Å². The van der Waals surface area contributed by atoms with Crippen molar-refractivity contribution in [2.75, 3.05) is 20.3 Å². The summed E-state index contributed by atoms with van der Waals surface area (Å²) in [6.45, 7) is 1.87. The van der Waals surface area contributed by atoms with E-state index >= 15 is 0 Å². The van der Waals surface area contributed by atoms with Crippen LogP contribution in [0.2, 0.25) is 5.02 Å². The normalized spacial score (nSPS) is 10.5. The summed E-state index contributed by atoms with van der Waals surface area (Å²) in [6.07, 6.45) is 1.40. The molecule has 0 spiro atoms. The molecule has 0 bridgehead atoms. The molecule has 3 rings (SSSR count). The number of methoxy groups -OCH3 is 1. The predicted octanol–water partition coefficient (Wildman–Crippen LogP) is 3.85. The number of rotatable bonds is 10. The Balaban J connectivity index is 1.57. The minimum atomic E-state index is -0.549. The SMILES string of the molecule is CCOc1cc(/C=N/NC(=O)CNC(=O)c2cccc(Cl)c2)ccc1OC(=O)c1ccc(OC)cc1. The molecule has 186 valence electrons. The second kappa shape index (κ2) is 12.9. The standard InChI is InChI=1S/C26H24ClN3O6/c1-3-35-23-13-17(7-12-22(23)36-26(33)18-8-10-21(34-2)11-9-18)15-29-30-24(31)16-28-25(32)19-5-4-6-20(27)14-19/h4-15H,3,16H2,1-2H3,(H,28,32)(H,30,31)/b29-15+. The number of hydrogen-bond acceptors (Lipinski definition) is 7. The fourth-order valence-electron chi connectivity index (χ4n) is 2.95. The minimum Gasteiger partial charge on any atom is -0.497 e. The first-order valence-electron chi connectivity index (χ1n) is 10.9. The van der Waals surface area contributed by atoms with Crippen molar-refractivity contribution in [2.24, 2.45) is 5.10 Å². The number of carbonyl (C=O) groups is 3. The largest absolute Gasteiger partial charge is 0.497 e. The highest BCUT2D eigenvalue weighted by Crippen LogP contribution is 2.29. The Bertz CT molecular complexity index is 1260. The van der Waals surface area contributed by atoms with Crippen LogP contribution in [0.1, 0.15) is 33.2 Å². The zero-order valence-electron chi connectivity index (χ0n) is 19.6. The van der Waals surface area contributed by atoms with Crippen molar-refractivity contribution in [3.05, 3.63) is 88.4 Å². The number of amides is 2. The molecule has 36 heavy (non-hydrogen) atoms. The van der Waals surface area contributed by atoms with Crippen LogP contribution in [-0.4, -0.2) is 44.3 Å². The molecule has 0 aliphatic heterocycles. The lowest BCUT2D eigenvalue weighted by Crippen LogP contribution is -2.34. The number of halogens is 1. The van der Waals surface area contributed by atoms with Crippen molar-refractivity contribution in [2.45, 2.75) is 6.92 Å². The monoisotopic (exact) mass is 509 g/mol. The summed E-state index contributed by atoms with van der Waals surface area (Å²) in [7, 11) is 1.54. The summed E-state index contributed by atoms with van der Waals surface area (Å²) in [5, 5.41) is 6.80. The number of hydrogen-bond donors (Lipinski definition) is 2. The molecular formula is C26H24ClN3O6. The number of benzene rings is 3. The lowest BCUT2D eigenvalue weighted by atomic mass is 10.2. The van der Waals surface area contributed by atoms with Gasteiger partial charge in [0.15, 0.2) is 11.5 Å². The van der Waals surface area contributed by atoms with Crippen LogP contribution in [0.4, 0.5) is 0 Å². The van der Waals surface area contributed by atoms with Crippen molar-refractivity contribution in [3.63, 3.8) is 0 Å². The fourth-order valence-corrected chi connectivity index (χ4v) is 3.14. The van der Waals surface area contributed by atoms with E-state index in [4.69, 9.17) is 25.8 Å². The minimum absolute atomic E-state index is 0.239. The first-order chi connectivity index (χ1) is 17.4. The van der Waals surface area contributed by atoms with E-state index in [2.05, 4.69) is 15.8 Å². The number of ether oxygens (including phenoxy) is 3. The Morgan fingerprint density at radius 2 is 1.75 bits per heavy atom. The van der Waals surface area contributed by atoms with E-state index < -0.39 is 17.8 Å². The summed E-state index contributed by atoms with van der Waals surface area (Å²) >= 11 is 5.87. The smallest absolute Gasteiger partial charge is 0.343 e. The van der Waals surface area contributed by atoms with Crippen LogP contribution in [0.3, 0.4) is 0 Å². The third-order valence-corrected chi connectivity index (χ3v) is 4.93. The van der Waals surface area contributed by atoms with Gasteiger partial charge in [0.05, 0.1) is 32.0 Å². The molecule has 3 aromatic carbocycles. The van der Waals surface area contributed by atoms with Crippen LogP contribution in [0.5, 0.6) is 17.2 Å². The Labute approximate surface area is 213 Å². The Morgan fingerprint density at radius 3 is 2.44 bits per heavy atom. The van der Waals surface area contributed by atoms with Gasteiger partial charge in [-0.1, -0.05) is 17.7 Å². The van der Waals surface area contributed by atoms with Gasteiger partial charge in [0.2, 0.25) is 0 Å². The molecular weight excluding hydrogens is 486 g/mol. The van der Waals surface area contributed by atoms with Gasteiger partial charge in [-0.2, -0.15) is 5.10 Å². The van der Waals surface area contributed by atoms with Crippen LogP contribution >= 0.6 is 11.6 Å². The van der Waals surface area contributed by atoms with Crippen LogP contribution in [0, 0.1) is 0 Å². The third-order valence-electron chi connectivity index (χ3n) is 4.70. The molecule has 0 saturated heterocycles. The maximum absolute atomic E-state index is 12.5. The van der Waals surface area contributed by atoms with Crippen LogP contribution in [0.15, 0.2) is 71.8 Å². The van der Waals surface area contributed by atoms with Gasteiger partial charge >= 0.3 is 5.97 Å². The molecule has 0 aliphatic carbocycles. The van der Waals surface area contributed by atoms with Gasteiger partial charge in [0.1, 0.15) is 5.75 Å². The van der Waals surface area contributed by atoms with Crippen molar-refractivity contribution in [3.8, 4) is 17.2 Å². The number of hydrazone groups is 1. The van der Waals surface area contributed by atoms with Crippen molar-refractivity contribution in [1.29, 1.82) is 0 Å². The summed E-state index contributed by atoms with van der Waals surface area (Å²) in [5.41, 5.74) is 3.62. The quantitative estimate of drug-likeness (QED) is 0.186. The Hall–Kier alpha value is -4.37. The Kier molecular flexibility index (Phi) is 9.41. The summed E-state index contributed by atoms with van der Waals surface area (Å²) in [4.78, 5) is 36.6. The van der Waals surface area contributed by atoms with Crippen LogP contribution < -0.4 is 25.0 Å². The lowest BCUT2D eigenvalue weighted by molar-refractivity contribution is -0.120. The molecule has 3 aromatic rings. The van der Waals surface area contributed by atoms with Gasteiger partial charge in [-0.15, -0.1) is 0 Å². The van der Waals surface area contributed by atoms with E-state index in [-0.39, 0.29) is 12.3 Å². The topological polar surface area (TPSA) is 115 Å². The molecule has 0 saturated carbocycles. The molecule has 10 heteroatoms. The molecule has 0 atom stereocenters. The van der Waals surface area contributed by atoms with E-state index in [1.807, 2.05) is 0 Å². The molecule has 0 fully saturated rings. The van der Waals surface area contributed by atoms with E-state index in [1.165, 1.54) is 12.3 Å². The number of esters is 1. The van der Waals surface area contributed by atoms with E-state index in [1.54, 1.807) is 74.7 Å². The molecule has 0 aromatic heterocycles. The molecule has 0 aliphatic rings. The first kappa shape index (κ1) is 26.2. The van der Waals surface area contributed by atoms with Gasteiger partial charge in [0.25, 0.3) is 11.8 Å². The molecule has 0 radical (unpaired) electrons. The lowest BCUT2D eigenvalue weighted by Gasteiger charge is -2.11. The number of nitrogens with one attached hydrogen (secondary N) is 2. The fraction of sp³-hybridized carbons (Fsp3) is 0.154. The van der Waals surface area contributed by atoms with Crippen molar-refractivity contribution in [1.82, 2.24) is 10.7 Å². The number of carbonyl (C=O) groups excluding carboxylic acids is 3. The molecule has 2 amide bonds. The van der Waals surface area contributed by atoms with Crippen molar-refractivity contribution >= 4 is 35.6 Å². The second-order valence-corrected chi connectivity index (χ2v) is 7.68. The van der Waals surface area contributed by atoms with E-state index in [9.17, 15) is 14.4 Å². The average molecular weight is 510 g/mol. The number of nitrogens with zero attached hydrogens (tertiary/aromatic N) is 1. The van der Waals surface area contributed by atoms with Gasteiger partial charge in [-0.3, -0.25) is 9.59 Å². The van der Waals surface area contributed by atoms with E-state index in [0.717, 1.165) is 0 Å². The highest BCUT2D eigenvalue weighted by Gasteiger charge is 2.14. The second-order valence-electron chi connectivity index (χ2n) is 7.24. The van der Waals surface area contributed by atoms with E-state index in [0.29, 0.717) is 39.8 Å². The van der Waals surface area contributed by atoms with Gasteiger partial charge in [-0.25, -0.2) is 10.2 Å². The maximum atomic E-state index is 12.5. The predicted molar refractivity (Wildman–Crippen MR) is 135 cm³/mol. The van der Waals surface area contributed by atoms with Crippen molar-refractivity contribution < 1.29 is 28.6 Å². The maximum Gasteiger partial charge on any atom is 0.343 e. The molecule has 9 nitrogen and oxygen atoms in total. The first-order valence-corrected chi connectivity index (χ1v) is 11.3. The molecule has 2 N–H and O–H groups in total. The average Bonchev–Trinajstić information content (AvgIpc) is 2.88. The Morgan fingerprint density at radius 1 is 0.972 bits per heavy atom. The van der Waals surface area contributed by atoms with Gasteiger partial charge < -0.3 is 19.5 Å². The van der Waals surface area contributed by atoms with Crippen LogP contribution in [-0.2, 0) is 4.79 Å². The molecule has 0 unspecified atom stereocenters. The molecule has 0 heterocycles. The third kappa shape index (κ3) is 7.57. The highest BCUT2D eigenvalue weighted by molar-refractivity contribution is 6.31.